The molecule has 1 unspecified atom stereocenters. The summed E-state index contributed by atoms with van der Waals surface area (Å²) in [7, 11) is 0. The highest BCUT2D eigenvalue weighted by Gasteiger charge is 2.32. The van der Waals surface area contributed by atoms with Crippen molar-refractivity contribution in [2.75, 3.05) is 6.54 Å². The third kappa shape index (κ3) is 4.29. The number of hydrogen-bond acceptors (Lipinski definition) is 3. The number of carbonyl (C=O) groups excluding carboxylic acids is 1. The molecule has 0 radical (unpaired) electrons. The first-order valence-corrected chi connectivity index (χ1v) is 6.74. The van der Waals surface area contributed by atoms with Gasteiger partial charge in [-0.25, -0.2) is 0 Å². The number of aliphatic carboxylic acids is 1. The van der Waals surface area contributed by atoms with Crippen LogP contribution in [0.1, 0.15) is 51.9 Å². The molecule has 1 aliphatic rings. The van der Waals surface area contributed by atoms with Crippen molar-refractivity contribution < 1.29 is 14.7 Å². The van der Waals surface area contributed by atoms with Gasteiger partial charge in [-0.3, -0.25) is 9.59 Å². The van der Waals surface area contributed by atoms with E-state index < -0.39 is 12.0 Å². The third-order valence-electron chi connectivity index (χ3n) is 4.06. The minimum absolute atomic E-state index is 0.0620. The minimum Gasteiger partial charge on any atom is -0.481 e. The number of amides is 1. The van der Waals surface area contributed by atoms with Crippen LogP contribution in [0.2, 0.25) is 0 Å². The summed E-state index contributed by atoms with van der Waals surface area (Å²) in [6.45, 7) is 2.82. The van der Waals surface area contributed by atoms with Gasteiger partial charge in [-0.2, -0.15) is 0 Å². The van der Waals surface area contributed by atoms with E-state index in [9.17, 15) is 9.59 Å². The molecule has 18 heavy (non-hydrogen) atoms. The van der Waals surface area contributed by atoms with Crippen molar-refractivity contribution >= 4 is 11.9 Å². The molecule has 5 heteroatoms. The van der Waals surface area contributed by atoms with Crippen LogP contribution in [0, 0.1) is 5.41 Å². The standard InChI is InChI=1S/C13H24N2O3/c1-2-13(7-3-4-8-13)9-15-12(18)10(14)5-6-11(16)17/h10H,2-9,14H2,1H3,(H,15,18)(H,16,17). The summed E-state index contributed by atoms with van der Waals surface area (Å²) in [6, 6.07) is -0.712. The lowest BCUT2D eigenvalue weighted by atomic mass is 9.83. The zero-order chi connectivity index (χ0) is 13.6. The average Bonchev–Trinajstić information content (AvgIpc) is 2.82. The molecule has 0 aromatic rings. The Morgan fingerprint density at radius 2 is 2.00 bits per heavy atom. The Hall–Kier alpha value is -1.10. The second-order valence-electron chi connectivity index (χ2n) is 5.32. The number of carbonyl (C=O) groups is 2. The second kappa shape index (κ2) is 6.73. The van der Waals surface area contributed by atoms with E-state index in [2.05, 4.69) is 12.2 Å². The first kappa shape index (κ1) is 15.0. The van der Waals surface area contributed by atoms with E-state index in [4.69, 9.17) is 10.8 Å². The molecular formula is C13H24N2O3. The fraction of sp³-hybridized carbons (Fsp3) is 0.846. The molecule has 1 aliphatic carbocycles. The molecule has 0 heterocycles. The normalized spacial score (nSPS) is 19.4. The highest BCUT2D eigenvalue weighted by molar-refractivity contribution is 5.82. The molecule has 0 aromatic carbocycles. The van der Waals surface area contributed by atoms with Crippen molar-refractivity contribution in [3.05, 3.63) is 0 Å². The van der Waals surface area contributed by atoms with Crippen LogP contribution in [0.15, 0.2) is 0 Å². The van der Waals surface area contributed by atoms with Gasteiger partial charge in [0, 0.05) is 13.0 Å². The molecule has 0 bridgehead atoms. The summed E-state index contributed by atoms with van der Waals surface area (Å²) in [5.41, 5.74) is 5.90. The Balaban J connectivity index is 2.33. The zero-order valence-electron chi connectivity index (χ0n) is 11.1. The molecular weight excluding hydrogens is 232 g/mol. The number of carboxylic acid groups (broad SMARTS) is 1. The van der Waals surface area contributed by atoms with Gasteiger partial charge in [-0.15, -0.1) is 0 Å². The number of carboxylic acids is 1. The highest BCUT2D eigenvalue weighted by Crippen LogP contribution is 2.40. The van der Waals surface area contributed by atoms with Crippen molar-refractivity contribution in [1.29, 1.82) is 0 Å². The molecule has 4 N–H and O–H groups in total. The molecule has 1 saturated carbocycles. The van der Waals surface area contributed by atoms with Gasteiger partial charge in [0.15, 0.2) is 0 Å². The lowest BCUT2D eigenvalue weighted by molar-refractivity contribution is -0.137. The molecule has 0 spiro atoms. The topological polar surface area (TPSA) is 92.4 Å². The molecule has 5 nitrogen and oxygen atoms in total. The second-order valence-corrected chi connectivity index (χ2v) is 5.32. The fourth-order valence-corrected chi connectivity index (χ4v) is 2.60. The van der Waals surface area contributed by atoms with Crippen LogP contribution in [0.3, 0.4) is 0 Å². The molecule has 0 aliphatic heterocycles. The summed E-state index contributed by atoms with van der Waals surface area (Å²) in [4.78, 5) is 22.1. The molecule has 1 fully saturated rings. The van der Waals surface area contributed by atoms with Crippen molar-refractivity contribution in [2.24, 2.45) is 11.1 Å². The quantitative estimate of drug-likeness (QED) is 0.639. The van der Waals surface area contributed by atoms with Crippen molar-refractivity contribution in [2.45, 2.75) is 57.9 Å². The maximum Gasteiger partial charge on any atom is 0.303 e. The number of nitrogens with one attached hydrogen (secondary N) is 1. The maximum atomic E-state index is 11.7. The molecule has 104 valence electrons. The maximum absolute atomic E-state index is 11.7. The summed E-state index contributed by atoms with van der Waals surface area (Å²) in [5, 5.41) is 11.4. The van der Waals surface area contributed by atoms with Crippen molar-refractivity contribution in [3.63, 3.8) is 0 Å². The molecule has 0 saturated heterocycles. The summed E-state index contributed by atoms with van der Waals surface area (Å²) < 4.78 is 0. The van der Waals surface area contributed by atoms with Crippen LogP contribution < -0.4 is 11.1 Å². The van der Waals surface area contributed by atoms with E-state index in [1.165, 1.54) is 12.8 Å². The molecule has 1 atom stereocenters. The first-order chi connectivity index (χ1) is 8.49. The van der Waals surface area contributed by atoms with E-state index in [1.54, 1.807) is 0 Å². The third-order valence-corrected chi connectivity index (χ3v) is 4.06. The monoisotopic (exact) mass is 256 g/mol. The van der Waals surface area contributed by atoms with E-state index in [1.807, 2.05) is 0 Å². The largest absolute Gasteiger partial charge is 0.481 e. The van der Waals surface area contributed by atoms with Gasteiger partial charge in [0.2, 0.25) is 5.91 Å². The SMILES string of the molecule is CCC1(CNC(=O)C(N)CCC(=O)O)CCCC1. The van der Waals surface area contributed by atoms with Crippen LogP contribution in [0.4, 0.5) is 0 Å². The Morgan fingerprint density at radius 1 is 1.39 bits per heavy atom. The van der Waals surface area contributed by atoms with Crippen LogP contribution >= 0.6 is 0 Å². The summed E-state index contributed by atoms with van der Waals surface area (Å²) in [5.74, 6) is -1.14. The lowest BCUT2D eigenvalue weighted by Crippen LogP contribution is -2.44. The van der Waals surface area contributed by atoms with E-state index >= 15 is 0 Å². The Labute approximate surface area is 108 Å². The van der Waals surface area contributed by atoms with Crippen LogP contribution in [-0.2, 0) is 9.59 Å². The van der Waals surface area contributed by atoms with Crippen LogP contribution in [0.25, 0.3) is 0 Å². The van der Waals surface area contributed by atoms with Crippen LogP contribution in [0.5, 0.6) is 0 Å². The lowest BCUT2D eigenvalue weighted by Gasteiger charge is -2.28. The predicted octanol–water partition coefficient (Wildman–Crippen LogP) is 1.27. The molecule has 0 aromatic heterocycles. The smallest absolute Gasteiger partial charge is 0.303 e. The van der Waals surface area contributed by atoms with Gasteiger partial charge >= 0.3 is 5.97 Å². The number of hydrogen-bond donors (Lipinski definition) is 3. The van der Waals surface area contributed by atoms with Crippen molar-refractivity contribution in [1.82, 2.24) is 5.32 Å². The number of rotatable bonds is 7. The Morgan fingerprint density at radius 3 is 2.50 bits per heavy atom. The Kier molecular flexibility index (Phi) is 5.59. The summed E-state index contributed by atoms with van der Waals surface area (Å²) in [6.07, 6.45) is 5.98. The van der Waals surface area contributed by atoms with E-state index in [-0.39, 0.29) is 24.2 Å². The average molecular weight is 256 g/mol. The van der Waals surface area contributed by atoms with Gasteiger partial charge in [-0.1, -0.05) is 19.8 Å². The molecule has 1 amide bonds. The van der Waals surface area contributed by atoms with Gasteiger partial charge in [0.25, 0.3) is 0 Å². The van der Waals surface area contributed by atoms with Gasteiger partial charge in [-0.05, 0) is 31.1 Å². The minimum atomic E-state index is -0.918. The summed E-state index contributed by atoms with van der Waals surface area (Å²) >= 11 is 0. The molecule has 1 rings (SSSR count). The van der Waals surface area contributed by atoms with Gasteiger partial charge < -0.3 is 16.2 Å². The van der Waals surface area contributed by atoms with Gasteiger partial charge in [0.1, 0.15) is 0 Å². The predicted molar refractivity (Wildman–Crippen MR) is 69.0 cm³/mol. The fourth-order valence-electron chi connectivity index (χ4n) is 2.60. The van der Waals surface area contributed by atoms with E-state index in [0.717, 1.165) is 19.3 Å². The van der Waals surface area contributed by atoms with Crippen LogP contribution in [-0.4, -0.2) is 29.6 Å². The highest BCUT2D eigenvalue weighted by atomic mass is 16.4. The Bertz CT molecular complexity index is 299. The zero-order valence-corrected chi connectivity index (χ0v) is 11.1. The van der Waals surface area contributed by atoms with Crippen molar-refractivity contribution in [3.8, 4) is 0 Å². The van der Waals surface area contributed by atoms with E-state index in [0.29, 0.717) is 6.54 Å². The number of nitrogens with two attached hydrogens (primary N) is 1. The first-order valence-electron chi connectivity index (χ1n) is 6.74. The van der Waals surface area contributed by atoms with Gasteiger partial charge in [0.05, 0.1) is 6.04 Å².